The average molecular weight is 242 g/mol. The standard InChI is InChI=1S/C12H16F2N2O/c1-16(10-6-3-2-4-7-10)9-5-8-15-12(17)11(13)14/h2-4,6-7,11H,5,8-9H2,1H3,(H,15,17). The van der Waals surface area contributed by atoms with Gasteiger partial charge in [-0.2, -0.15) is 8.78 Å². The zero-order valence-electron chi connectivity index (χ0n) is 9.70. The number of carbonyl (C=O) groups excluding carboxylic acids is 1. The van der Waals surface area contributed by atoms with Crippen molar-refractivity contribution in [3.8, 4) is 0 Å². The Labute approximate surface area is 99.4 Å². The van der Waals surface area contributed by atoms with Crippen molar-refractivity contribution in [2.24, 2.45) is 0 Å². The number of para-hydroxylation sites is 1. The molecule has 0 bridgehead atoms. The van der Waals surface area contributed by atoms with Crippen molar-refractivity contribution in [2.75, 3.05) is 25.0 Å². The summed E-state index contributed by atoms with van der Waals surface area (Å²) in [5, 5.41) is 2.17. The molecule has 17 heavy (non-hydrogen) atoms. The minimum atomic E-state index is -2.93. The SMILES string of the molecule is CN(CCCNC(=O)C(F)F)c1ccccc1. The van der Waals surface area contributed by atoms with E-state index in [9.17, 15) is 13.6 Å². The highest BCUT2D eigenvalue weighted by Crippen LogP contribution is 2.10. The van der Waals surface area contributed by atoms with Gasteiger partial charge < -0.3 is 10.2 Å². The van der Waals surface area contributed by atoms with Crippen LogP contribution in [0.25, 0.3) is 0 Å². The van der Waals surface area contributed by atoms with Crippen LogP contribution in [0.5, 0.6) is 0 Å². The van der Waals surface area contributed by atoms with Crippen molar-refractivity contribution in [3.05, 3.63) is 30.3 Å². The fraction of sp³-hybridized carbons (Fsp3) is 0.417. The third kappa shape index (κ3) is 4.80. The summed E-state index contributed by atoms with van der Waals surface area (Å²) in [7, 11) is 1.92. The number of nitrogens with zero attached hydrogens (tertiary/aromatic N) is 1. The van der Waals surface area contributed by atoms with Crippen LogP contribution in [0.4, 0.5) is 14.5 Å². The summed E-state index contributed by atoms with van der Waals surface area (Å²) in [6.07, 6.45) is -2.30. The molecule has 3 nitrogen and oxygen atoms in total. The van der Waals surface area contributed by atoms with Crippen molar-refractivity contribution in [2.45, 2.75) is 12.8 Å². The summed E-state index contributed by atoms with van der Waals surface area (Å²) in [4.78, 5) is 12.6. The number of rotatable bonds is 6. The lowest BCUT2D eigenvalue weighted by Crippen LogP contribution is -2.32. The predicted molar refractivity (Wildman–Crippen MR) is 63.3 cm³/mol. The molecule has 0 heterocycles. The van der Waals surface area contributed by atoms with E-state index >= 15 is 0 Å². The van der Waals surface area contributed by atoms with Crippen molar-refractivity contribution < 1.29 is 13.6 Å². The van der Waals surface area contributed by atoms with Gasteiger partial charge in [0.15, 0.2) is 0 Å². The molecule has 1 rings (SSSR count). The van der Waals surface area contributed by atoms with Crippen LogP contribution in [-0.2, 0) is 4.79 Å². The van der Waals surface area contributed by atoms with E-state index in [1.807, 2.05) is 42.3 Å². The van der Waals surface area contributed by atoms with Gasteiger partial charge in [-0.25, -0.2) is 0 Å². The fourth-order valence-electron chi connectivity index (χ4n) is 1.42. The molecule has 1 N–H and O–H groups in total. The Morgan fingerprint density at radius 3 is 2.59 bits per heavy atom. The second-order valence-electron chi connectivity index (χ2n) is 3.70. The van der Waals surface area contributed by atoms with Crippen molar-refractivity contribution in [1.82, 2.24) is 5.32 Å². The van der Waals surface area contributed by atoms with Gasteiger partial charge in [0.25, 0.3) is 5.91 Å². The number of halogens is 2. The molecule has 0 radical (unpaired) electrons. The lowest BCUT2D eigenvalue weighted by Gasteiger charge is -2.19. The quantitative estimate of drug-likeness (QED) is 0.773. The Balaban J connectivity index is 2.21. The molecular formula is C12H16F2N2O. The number of hydrogen-bond donors (Lipinski definition) is 1. The molecule has 0 atom stereocenters. The van der Waals surface area contributed by atoms with E-state index in [2.05, 4.69) is 5.32 Å². The van der Waals surface area contributed by atoms with Crippen LogP contribution in [0.1, 0.15) is 6.42 Å². The maximum absolute atomic E-state index is 11.9. The Morgan fingerprint density at radius 2 is 2.00 bits per heavy atom. The highest BCUT2D eigenvalue weighted by Gasteiger charge is 2.13. The van der Waals surface area contributed by atoms with Gasteiger partial charge in [-0.15, -0.1) is 0 Å². The van der Waals surface area contributed by atoms with E-state index in [4.69, 9.17) is 0 Å². The molecule has 0 spiro atoms. The van der Waals surface area contributed by atoms with Gasteiger partial charge in [0.2, 0.25) is 0 Å². The first kappa shape index (κ1) is 13.4. The van der Waals surface area contributed by atoms with E-state index in [1.165, 1.54) is 0 Å². The molecule has 0 aliphatic carbocycles. The summed E-state index contributed by atoms with van der Waals surface area (Å²) in [6, 6.07) is 9.74. The molecular weight excluding hydrogens is 226 g/mol. The van der Waals surface area contributed by atoms with Crippen LogP contribution in [0.3, 0.4) is 0 Å². The summed E-state index contributed by atoms with van der Waals surface area (Å²) in [5.74, 6) is -1.20. The topological polar surface area (TPSA) is 32.3 Å². The molecule has 0 unspecified atom stereocenters. The van der Waals surface area contributed by atoms with Crippen LogP contribution in [-0.4, -0.2) is 32.5 Å². The molecule has 1 aromatic rings. The third-order valence-electron chi connectivity index (χ3n) is 2.36. The molecule has 94 valence electrons. The number of benzene rings is 1. The van der Waals surface area contributed by atoms with Gasteiger partial charge in [-0.05, 0) is 18.6 Å². The smallest absolute Gasteiger partial charge is 0.315 e. The first-order chi connectivity index (χ1) is 8.11. The maximum Gasteiger partial charge on any atom is 0.315 e. The highest BCUT2D eigenvalue weighted by molar-refractivity contribution is 5.78. The molecule has 1 amide bonds. The third-order valence-corrected chi connectivity index (χ3v) is 2.36. The van der Waals surface area contributed by atoms with Gasteiger partial charge in [0.05, 0.1) is 0 Å². The molecule has 5 heteroatoms. The zero-order valence-corrected chi connectivity index (χ0v) is 9.70. The second kappa shape index (κ2) is 6.83. The lowest BCUT2D eigenvalue weighted by atomic mass is 10.3. The Kier molecular flexibility index (Phi) is 5.39. The molecule has 1 aromatic carbocycles. The van der Waals surface area contributed by atoms with Crippen LogP contribution in [0, 0.1) is 0 Å². The largest absolute Gasteiger partial charge is 0.375 e. The maximum atomic E-state index is 11.9. The van der Waals surface area contributed by atoms with Crippen LogP contribution in [0.2, 0.25) is 0 Å². The zero-order chi connectivity index (χ0) is 12.7. The van der Waals surface area contributed by atoms with Gasteiger partial charge >= 0.3 is 6.43 Å². The van der Waals surface area contributed by atoms with Crippen molar-refractivity contribution in [1.29, 1.82) is 0 Å². The van der Waals surface area contributed by atoms with E-state index in [0.29, 0.717) is 13.0 Å². The van der Waals surface area contributed by atoms with E-state index in [0.717, 1.165) is 5.69 Å². The van der Waals surface area contributed by atoms with Gasteiger partial charge in [0, 0.05) is 25.8 Å². The van der Waals surface area contributed by atoms with Gasteiger partial charge in [-0.1, -0.05) is 18.2 Å². The lowest BCUT2D eigenvalue weighted by molar-refractivity contribution is -0.131. The van der Waals surface area contributed by atoms with Crippen LogP contribution >= 0.6 is 0 Å². The fourth-order valence-corrected chi connectivity index (χ4v) is 1.42. The van der Waals surface area contributed by atoms with Crippen LogP contribution in [0.15, 0.2) is 30.3 Å². The summed E-state index contributed by atoms with van der Waals surface area (Å²) in [6.45, 7) is 0.966. The number of amides is 1. The number of hydrogen-bond acceptors (Lipinski definition) is 2. The number of anilines is 1. The first-order valence-electron chi connectivity index (χ1n) is 5.43. The molecule has 0 saturated carbocycles. The minimum Gasteiger partial charge on any atom is -0.375 e. The number of alkyl halides is 2. The monoisotopic (exact) mass is 242 g/mol. The Morgan fingerprint density at radius 1 is 1.35 bits per heavy atom. The van der Waals surface area contributed by atoms with Crippen molar-refractivity contribution >= 4 is 11.6 Å². The summed E-state index contributed by atoms with van der Waals surface area (Å²) >= 11 is 0. The minimum absolute atomic E-state index is 0.264. The highest BCUT2D eigenvalue weighted by atomic mass is 19.3. The summed E-state index contributed by atoms with van der Waals surface area (Å²) < 4.78 is 23.7. The molecule has 0 fully saturated rings. The van der Waals surface area contributed by atoms with Gasteiger partial charge in [0.1, 0.15) is 0 Å². The molecule has 0 saturated heterocycles. The molecule has 0 aliphatic heterocycles. The van der Waals surface area contributed by atoms with Crippen LogP contribution < -0.4 is 10.2 Å². The number of carbonyl (C=O) groups is 1. The average Bonchev–Trinajstić information content (AvgIpc) is 2.35. The number of nitrogens with one attached hydrogen (secondary N) is 1. The predicted octanol–water partition coefficient (Wildman–Crippen LogP) is 1.89. The van der Waals surface area contributed by atoms with Gasteiger partial charge in [-0.3, -0.25) is 4.79 Å². The molecule has 0 aromatic heterocycles. The van der Waals surface area contributed by atoms with E-state index in [1.54, 1.807) is 0 Å². The second-order valence-corrected chi connectivity index (χ2v) is 3.70. The molecule has 0 aliphatic rings. The van der Waals surface area contributed by atoms with E-state index < -0.39 is 12.3 Å². The Bertz CT molecular complexity index is 344. The Hall–Kier alpha value is -1.65. The first-order valence-corrected chi connectivity index (χ1v) is 5.43. The van der Waals surface area contributed by atoms with Crippen molar-refractivity contribution in [3.63, 3.8) is 0 Å². The summed E-state index contributed by atoms with van der Waals surface area (Å²) in [5.41, 5.74) is 1.06. The normalized spacial score (nSPS) is 10.4. The van der Waals surface area contributed by atoms with E-state index in [-0.39, 0.29) is 6.54 Å².